The molecule has 0 aromatic heterocycles. The number of hydrogen-bond donors (Lipinski definition) is 0. The summed E-state index contributed by atoms with van der Waals surface area (Å²) in [6.45, 7) is 0.0419. The summed E-state index contributed by atoms with van der Waals surface area (Å²) in [4.78, 5) is 0. The van der Waals surface area contributed by atoms with Crippen LogP contribution in [0.2, 0.25) is 0 Å². The van der Waals surface area contributed by atoms with Gasteiger partial charge < -0.3 is 4.57 Å². The number of fused-ring (bicyclic) bond motifs is 1. The van der Waals surface area contributed by atoms with Crippen molar-refractivity contribution in [3.63, 3.8) is 0 Å². The summed E-state index contributed by atoms with van der Waals surface area (Å²) >= 11 is 0. The third-order valence-electron chi connectivity index (χ3n) is 4.04. The van der Waals surface area contributed by atoms with E-state index in [1.54, 1.807) is 0 Å². The molecule has 98 valence electrons. The molecular weight excluding hydrogens is 254 g/mol. The van der Waals surface area contributed by atoms with E-state index in [2.05, 4.69) is 72.8 Å². The lowest BCUT2D eigenvalue weighted by Crippen LogP contribution is -2.44. The summed E-state index contributed by atoms with van der Waals surface area (Å²) in [5.41, 5.74) is 4.97. The minimum atomic E-state index is 0.0209. The van der Waals surface area contributed by atoms with E-state index < -0.39 is 0 Å². The van der Waals surface area contributed by atoms with E-state index in [-0.39, 0.29) is 13.8 Å². The molecule has 1 aliphatic rings. The standard InChI is InChI=1S/C18H14B2O/c1-3-9-15(10-4-1)19-17-13-7-8-14-18(17)20(21-19)16-11-5-2-6-12-16/h1-14H. The van der Waals surface area contributed by atoms with Gasteiger partial charge in [-0.1, -0.05) is 84.9 Å². The van der Waals surface area contributed by atoms with Crippen molar-refractivity contribution in [2.75, 3.05) is 0 Å². The summed E-state index contributed by atoms with van der Waals surface area (Å²) in [5, 5.41) is 0. The fourth-order valence-corrected chi connectivity index (χ4v) is 3.04. The maximum atomic E-state index is 6.40. The van der Waals surface area contributed by atoms with Gasteiger partial charge in [-0.05, 0) is 21.9 Å². The normalized spacial score (nSPS) is 13.3. The third kappa shape index (κ3) is 2.20. The van der Waals surface area contributed by atoms with Gasteiger partial charge in [-0.15, -0.1) is 0 Å². The van der Waals surface area contributed by atoms with E-state index >= 15 is 0 Å². The van der Waals surface area contributed by atoms with Gasteiger partial charge >= 0.3 is 13.8 Å². The van der Waals surface area contributed by atoms with E-state index in [0.29, 0.717) is 0 Å². The molecule has 0 saturated carbocycles. The van der Waals surface area contributed by atoms with Gasteiger partial charge in [0.15, 0.2) is 0 Å². The van der Waals surface area contributed by atoms with Crippen LogP contribution < -0.4 is 21.9 Å². The Kier molecular flexibility index (Phi) is 3.13. The molecule has 1 heterocycles. The van der Waals surface area contributed by atoms with Crippen molar-refractivity contribution in [2.45, 2.75) is 0 Å². The van der Waals surface area contributed by atoms with E-state index in [1.807, 2.05) is 12.1 Å². The van der Waals surface area contributed by atoms with E-state index in [0.717, 1.165) is 0 Å². The second kappa shape index (κ2) is 5.27. The maximum absolute atomic E-state index is 6.40. The summed E-state index contributed by atoms with van der Waals surface area (Å²) in [6, 6.07) is 29.4. The van der Waals surface area contributed by atoms with Crippen LogP contribution in [0.25, 0.3) is 0 Å². The summed E-state index contributed by atoms with van der Waals surface area (Å²) in [5.74, 6) is 0. The predicted octanol–water partition coefficient (Wildman–Crippen LogP) is 0.928. The molecule has 3 aromatic carbocycles. The van der Waals surface area contributed by atoms with Crippen molar-refractivity contribution in [3.8, 4) is 0 Å². The van der Waals surface area contributed by atoms with Crippen LogP contribution in [0.15, 0.2) is 84.9 Å². The van der Waals surface area contributed by atoms with Crippen molar-refractivity contribution in [2.24, 2.45) is 0 Å². The molecule has 0 amide bonds. The van der Waals surface area contributed by atoms with Crippen molar-refractivity contribution >= 4 is 35.7 Å². The highest BCUT2D eigenvalue weighted by Gasteiger charge is 2.39. The molecule has 0 aliphatic carbocycles. The molecule has 0 bridgehead atoms. The first-order valence-corrected chi connectivity index (χ1v) is 7.27. The molecule has 3 heteroatoms. The van der Waals surface area contributed by atoms with Crippen LogP contribution in [0.1, 0.15) is 0 Å². The van der Waals surface area contributed by atoms with Gasteiger partial charge in [0.05, 0.1) is 0 Å². The Bertz CT molecular complexity index is 679. The number of rotatable bonds is 2. The van der Waals surface area contributed by atoms with Gasteiger partial charge in [0.1, 0.15) is 0 Å². The van der Waals surface area contributed by atoms with Crippen LogP contribution in [0, 0.1) is 0 Å². The second-order valence-corrected chi connectivity index (χ2v) is 5.35. The number of hydrogen-bond acceptors (Lipinski definition) is 1. The van der Waals surface area contributed by atoms with Crippen LogP contribution in [0.3, 0.4) is 0 Å². The average Bonchev–Trinajstić information content (AvgIpc) is 2.96. The highest BCUT2D eigenvalue weighted by molar-refractivity contribution is 7.00. The second-order valence-electron chi connectivity index (χ2n) is 5.35. The Labute approximate surface area is 125 Å². The zero-order valence-electron chi connectivity index (χ0n) is 11.6. The van der Waals surface area contributed by atoms with Crippen molar-refractivity contribution in [1.82, 2.24) is 0 Å². The molecule has 1 nitrogen and oxygen atoms in total. The lowest BCUT2D eigenvalue weighted by molar-refractivity contribution is 0.642. The van der Waals surface area contributed by atoms with Crippen LogP contribution >= 0.6 is 0 Å². The SMILES string of the molecule is c1ccc(B2OB(c3ccccc3)c3ccccc32)cc1. The molecule has 0 unspecified atom stereocenters. The molecule has 21 heavy (non-hydrogen) atoms. The fraction of sp³-hybridized carbons (Fsp3) is 0. The van der Waals surface area contributed by atoms with E-state index in [1.165, 1.54) is 21.9 Å². The first kappa shape index (κ1) is 12.5. The van der Waals surface area contributed by atoms with Gasteiger partial charge in [0.2, 0.25) is 0 Å². The highest BCUT2D eigenvalue weighted by atomic mass is 16.4. The van der Waals surface area contributed by atoms with E-state index in [4.69, 9.17) is 4.57 Å². The number of benzene rings is 3. The Morgan fingerprint density at radius 3 is 1.29 bits per heavy atom. The average molecular weight is 268 g/mol. The van der Waals surface area contributed by atoms with Crippen LogP contribution in [-0.4, -0.2) is 13.8 Å². The zero-order valence-corrected chi connectivity index (χ0v) is 11.6. The minimum absolute atomic E-state index is 0.0209. The van der Waals surface area contributed by atoms with Gasteiger partial charge in [-0.2, -0.15) is 0 Å². The lowest BCUT2D eigenvalue weighted by atomic mass is 9.53. The van der Waals surface area contributed by atoms with E-state index in [9.17, 15) is 0 Å². The van der Waals surface area contributed by atoms with Crippen molar-refractivity contribution in [1.29, 1.82) is 0 Å². The van der Waals surface area contributed by atoms with Gasteiger partial charge in [-0.3, -0.25) is 0 Å². The predicted molar refractivity (Wildman–Crippen MR) is 90.5 cm³/mol. The molecular formula is C18H14B2O. The van der Waals surface area contributed by atoms with Gasteiger partial charge in [-0.25, -0.2) is 0 Å². The summed E-state index contributed by atoms with van der Waals surface area (Å²) in [6.07, 6.45) is 0. The smallest absolute Gasteiger partial charge is 0.346 e. The molecule has 4 rings (SSSR count). The molecule has 1 aliphatic heterocycles. The van der Waals surface area contributed by atoms with Crippen LogP contribution in [0.4, 0.5) is 0 Å². The van der Waals surface area contributed by atoms with Crippen LogP contribution in [0.5, 0.6) is 0 Å². The Hall–Kier alpha value is -2.25. The Balaban J connectivity index is 1.81. The molecule has 0 spiro atoms. The van der Waals surface area contributed by atoms with Gasteiger partial charge in [0, 0.05) is 0 Å². The minimum Gasteiger partial charge on any atom is -0.484 e. The largest absolute Gasteiger partial charge is 0.484 e. The topological polar surface area (TPSA) is 9.23 Å². The third-order valence-corrected chi connectivity index (χ3v) is 4.04. The molecule has 0 N–H and O–H groups in total. The lowest BCUT2D eigenvalue weighted by Gasteiger charge is -2.11. The summed E-state index contributed by atoms with van der Waals surface area (Å²) in [7, 11) is 0. The molecule has 3 aromatic rings. The molecule has 0 fully saturated rings. The van der Waals surface area contributed by atoms with Gasteiger partial charge in [0.25, 0.3) is 0 Å². The molecule has 0 atom stereocenters. The van der Waals surface area contributed by atoms with Crippen LogP contribution in [-0.2, 0) is 4.57 Å². The zero-order chi connectivity index (χ0) is 14.1. The fourth-order valence-electron chi connectivity index (χ4n) is 3.04. The maximum Gasteiger partial charge on any atom is 0.346 e. The quantitative estimate of drug-likeness (QED) is 0.628. The monoisotopic (exact) mass is 268 g/mol. The Morgan fingerprint density at radius 1 is 0.476 bits per heavy atom. The van der Waals surface area contributed by atoms with Crippen molar-refractivity contribution in [3.05, 3.63) is 84.9 Å². The molecule has 0 saturated heterocycles. The Morgan fingerprint density at radius 2 is 0.857 bits per heavy atom. The molecule has 0 radical (unpaired) electrons. The highest BCUT2D eigenvalue weighted by Crippen LogP contribution is 2.05. The van der Waals surface area contributed by atoms with Crippen molar-refractivity contribution < 1.29 is 4.57 Å². The summed E-state index contributed by atoms with van der Waals surface area (Å²) < 4.78 is 6.40. The first-order valence-electron chi connectivity index (χ1n) is 7.27. The first-order chi connectivity index (χ1) is 10.4.